The smallest absolute Gasteiger partial charge is 0.410 e. The van der Waals surface area contributed by atoms with Crippen LogP contribution in [0.2, 0.25) is 0 Å². The molecular weight excluding hydrogens is 661 g/mol. The van der Waals surface area contributed by atoms with Crippen LogP contribution in [0, 0.1) is 0 Å². The molecule has 0 bridgehead atoms. The molecule has 0 radical (unpaired) electrons. The predicted octanol–water partition coefficient (Wildman–Crippen LogP) is 8.63. The van der Waals surface area contributed by atoms with Crippen molar-refractivity contribution in [2.75, 3.05) is 13.1 Å². The highest BCUT2D eigenvalue weighted by atomic mass is 32.1. The van der Waals surface area contributed by atoms with Crippen LogP contribution in [0.25, 0.3) is 22.5 Å². The summed E-state index contributed by atoms with van der Waals surface area (Å²) in [7, 11) is 0. The second-order valence-corrected chi connectivity index (χ2v) is 14.2. The van der Waals surface area contributed by atoms with E-state index in [9.17, 15) is 9.59 Å². The Morgan fingerprint density at radius 3 is 1.67 bits per heavy atom. The summed E-state index contributed by atoms with van der Waals surface area (Å²) in [6.45, 7) is 12.5. The number of carbonyl (C=O) groups is 2. The molecule has 2 N–H and O–H groups in total. The third-order valence-electron chi connectivity index (χ3n) is 8.13. The van der Waals surface area contributed by atoms with Crippen molar-refractivity contribution in [1.29, 1.82) is 0 Å². The molecule has 2 amide bonds. The van der Waals surface area contributed by atoms with Crippen LogP contribution in [0.5, 0.6) is 11.5 Å². The summed E-state index contributed by atoms with van der Waals surface area (Å²) in [5.74, 6) is 2.89. The van der Waals surface area contributed by atoms with E-state index >= 15 is 0 Å². The monoisotopic (exact) mass is 708 g/mol. The van der Waals surface area contributed by atoms with Gasteiger partial charge in [0.05, 0.1) is 35.9 Å². The van der Waals surface area contributed by atoms with E-state index in [2.05, 4.69) is 19.9 Å². The highest BCUT2D eigenvalue weighted by molar-refractivity contribution is 7.59. The molecule has 0 aliphatic carbocycles. The molecule has 2 aromatic heterocycles. The number of amides is 2. The minimum absolute atomic E-state index is 0. The highest BCUT2D eigenvalue weighted by Gasteiger charge is 2.36. The lowest BCUT2D eigenvalue weighted by molar-refractivity contribution is 0.0208. The number of hydrogen-bond acceptors (Lipinski definition) is 7. The molecule has 264 valence electrons. The van der Waals surface area contributed by atoms with Crippen molar-refractivity contribution in [1.82, 2.24) is 29.7 Å². The molecule has 4 aromatic rings. The second kappa shape index (κ2) is 15.2. The number of nitrogens with one attached hydrogen (secondary N) is 2. The van der Waals surface area contributed by atoms with E-state index in [1.165, 1.54) is 0 Å². The van der Waals surface area contributed by atoms with Gasteiger partial charge in [0.1, 0.15) is 34.3 Å². The van der Waals surface area contributed by atoms with E-state index in [4.69, 9.17) is 14.2 Å². The maximum atomic E-state index is 12.8. The van der Waals surface area contributed by atoms with Gasteiger partial charge in [-0.2, -0.15) is 27.0 Å². The van der Waals surface area contributed by atoms with Gasteiger partial charge in [0, 0.05) is 18.7 Å². The molecule has 2 atom stereocenters. The van der Waals surface area contributed by atoms with Crippen LogP contribution >= 0.6 is 27.0 Å². The highest BCUT2D eigenvalue weighted by Crippen LogP contribution is 2.35. The summed E-state index contributed by atoms with van der Waals surface area (Å²) in [5, 5.41) is 0. The van der Waals surface area contributed by atoms with Gasteiger partial charge >= 0.3 is 12.2 Å². The van der Waals surface area contributed by atoms with Crippen LogP contribution in [0.1, 0.15) is 91.0 Å². The molecule has 2 saturated heterocycles. The average Bonchev–Trinajstić information content (AvgIpc) is 3.82. The maximum absolute atomic E-state index is 12.8. The molecule has 11 nitrogen and oxygen atoms in total. The molecule has 0 saturated carbocycles. The lowest BCUT2D eigenvalue weighted by Gasteiger charge is -2.27. The summed E-state index contributed by atoms with van der Waals surface area (Å²) in [6.07, 6.45) is 6.45. The van der Waals surface area contributed by atoms with Crippen molar-refractivity contribution in [2.45, 2.75) is 90.5 Å². The van der Waals surface area contributed by atoms with Gasteiger partial charge in [0.15, 0.2) is 0 Å². The fourth-order valence-corrected chi connectivity index (χ4v) is 6.05. The third-order valence-corrected chi connectivity index (χ3v) is 8.13. The number of likely N-dealkylation sites (tertiary alicyclic amines) is 2. The Bertz CT molecular complexity index is 1730. The summed E-state index contributed by atoms with van der Waals surface area (Å²) in [4.78, 5) is 45.2. The van der Waals surface area contributed by atoms with Gasteiger partial charge in [-0.25, -0.2) is 19.6 Å². The fraction of sp³-hybridized carbons (Fsp3) is 0.444. The topological polar surface area (TPSA) is 126 Å². The van der Waals surface area contributed by atoms with Gasteiger partial charge in [-0.3, -0.25) is 9.80 Å². The molecular formula is C36H48N6O5S2. The van der Waals surface area contributed by atoms with Crippen LogP contribution in [-0.4, -0.2) is 66.2 Å². The van der Waals surface area contributed by atoms with E-state index in [0.717, 1.165) is 59.8 Å². The second-order valence-electron chi connectivity index (χ2n) is 14.2. The Balaban J connectivity index is 0.00000270. The van der Waals surface area contributed by atoms with Crippen molar-refractivity contribution in [3.05, 3.63) is 72.6 Å². The van der Waals surface area contributed by atoms with Gasteiger partial charge in [-0.05, 0) is 109 Å². The number of nitrogens with zero attached hydrogens (tertiary/aromatic N) is 4. The SMILES string of the molecule is CC(C)(C)OC(=O)N1CCC[C@@H]1c1ncc(-c2cccc(Oc3ccc(-c4cnc([C@@H]5CCCN5C(=O)OC(C)(C)C)[nH]4)cc3)c2)[nH]1.S.S. The first-order valence-corrected chi connectivity index (χ1v) is 16.3. The molecule has 2 fully saturated rings. The lowest BCUT2D eigenvalue weighted by atomic mass is 10.1. The molecule has 6 rings (SSSR count). The zero-order chi connectivity index (χ0) is 33.3. The molecule has 2 aliphatic heterocycles. The minimum atomic E-state index is -0.552. The third kappa shape index (κ3) is 9.13. The van der Waals surface area contributed by atoms with E-state index in [1.807, 2.05) is 90.1 Å². The number of aromatic nitrogens is 4. The number of hydrogen-bond donors (Lipinski definition) is 2. The number of carbonyl (C=O) groups excluding carboxylic acids is 2. The molecule has 49 heavy (non-hydrogen) atoms. The number of rotatable bonds is 6. The van der Waals surface area contributed by atoms with Crippen molar-refractivity contribution in [3.63, 3.8) is 0 Å². The van der Waals surface area contributed by atoms with Crippen LogP contribution in [0.15, 0.2) is 60.9 Å². The first-order chi connectivity index (χ1) is 22.3. The Labute approximate surface area is 302 Å². The zero-order valence-electron chi connectivity index (χ0n) is 29.0. The normalized spacial score (nSPS) is 17.7. The van der Waals surface area contributed by atoms with Crippen LogP contribution in [0.4, 0.5) is 9.59 Å². The average molecular weight is 709 g/mol. The molecule has 0 spiro atoms. The maximum Gasteiger partial charge on any atom is 0.410 e. The fourth-order valence-electron chi connectivity index (χ4n) is 6.05. The number of imidazole rings is 2. The molecule has 13 heteroatoms. The standard InChI is InChI=1S/C36H44N6O5.2H2S/c1-35(2,3)46-33(43)41-18-8-12-29(41)31-37-21-27(39-31)23-14-16-25(17-15-23)45-26-11-7-10-24(20-26)28-22-38-32(40-28)30-13-9-19-42(30)34(44)47-36(4,5)6;;/h7,10-11,14-17,20-22,29-30H,8-9,12-13,18-19H2,1-6H3,(H,37,39)(H,38,40);2*1H2/t29-,30+;;/m0../s1. The summed E-state index contributed by atoms with van der Waals surface area (Å²) in [5.41, 5.74) is 2.51. The number of benzene rings is 2. The summed E-state index contributed by atoms with van der Waals surface area (Å²) >= 11 is 0. The van der Waals surface area contributed by atoms with Gasteiger partial charge in [-0.1, -0.05) is 12.1 Å². The summed E-state index contributed by atoms with van der Waals surface area (Å²) < 4.78 is 17.5. The molecule has 2 aliphatic rings. The lowest BCUT2D eigenvalue weighted by Crippen LogP contribution is -2.36. The van der Waals surface area contributed by atoms with Gasteiger partial charge in [0.25, 0.3) is 0 Å². The molecule has 4 heterocycles. The Morgan fingerprint density at radius 1 is 0.694 bits per heavy atom. The van der Waals surface area contributed by atoms with Crippen LogP contribution in [0.3, 0.4) is 0 Å². The molecule has 2 aromatic carbocycles. The van der Waals surface area contributed by atoms with Gasteiger partial charge < -0.3 is 24.2 Å². The quantitative estimate of drug-likeness (QED) is 0.205. The van der Waals surface area contributed by atoms with Crippen LogP contribution in [-0.2, 0) is 9.47 Å². The van der Waals surface area contributed by atoms with Gasteiger partial charge in [-0.15, -0.1) is 0 Å². The number of aromatic amines is 2. The first kappa shape index (κ1) is 37.7. The predicted molar refractivity (Wildman–Crippen MR) is 199 cm³/mol. The number of H-pyrrole nitrogens is 2. The Morgan fingerprint density at radius 2 is 1.18 bits per heavy atom. The number of ether oxygens (including phenoxy) is 3. The zero-order valence-corrected chi connectivity index (χ0v) is 31.0. The summed E-state index contributed by atoms with van der Waals surface area (Å²) in [6, 6.07) is 15.3. The van der Waals surface area contributed by atoms with Crippen molar-refractivity contribution in [2.24, 2.45) is 0 Å². The largest absolute Gasteiger partial charge is 0.457 e. The Kier molecular flexibility index (Phi) is 11.7. The van der Waals surface area contributed by atoms with E-state index in [0.29, 0.717) is 24.6 Å². The van der Waals surface area contributed by atoms with Crippen molar-refractivity contribution >= 4 is 39.2 Å². The van der Waals surface area contributed by atoms with E-state index in [-0.39, 0.29) is 51.3 Å². The van der Waals surface area contributed by atoms with Crippen LogP contribution < -0.4 is 4.74 Å². The van der Waals surface area contributed by atoms with Gasteiger partial charge in [0.2, 0.25) is 0 Å². The minimum Gasteiger partial charge on any atom is -0.457 e. The van der Waals surface area contributed by atoms with E-state index in [1.54, 1.807) is 22.2 Å². The van der Waals surface area contributed by atoms with E-state index < -0.39 is 11.2 Å². The van der Waals surface area contributed by atoms with Crippen molar-refractivity contribution < 1.29 is 23.8 Å². The van der Waals surface area contributed by atoms with Crippen molar-refractivity contribution in [3.8, 4) is 34.0 Å². The molecule has 0 unspecified atom stereocenters. The Hall–Kier alpha value is -4.10. The first-order valence-electron chi connectivity index (χ1n) is 16.3.